The van der Waals surface area contributed by atoms with Crippen molar-refractivity contribution in [3.05, 3.63) is 29.8 Å². The molecule has 1 saturated heterocycles. The van der Waals surface area contributed by atoms with Gasteiger partial charge in [-0.1, -0.05) is 18.2 Å². The molecule has 2 rings (SSSR count). The Labute approximate surface area is 119 Å². The summed E-state index contributed by atoms with van der Waals surface area (Å²) in [5, 5.41) is 16.2. The molecule has 5 nitrogen and oxygen atoms in total. The minimum Gasteiger partial charge on any atom is -0.496 e. The molecular formula is C15H22N2O3. The SMILES string of the molecule is COc1ccccc1C(O)CNC(=O)CC1CCCN1. The van der Waals surface area contributed by atoms with Gasteiger partial charge < -0.3 is 20.5 Å². The van der Waals surface area contributed by atoms with Gasteiger partial charge in [-0.05, 0) is 25.5 Å². The standard InChI is InChI=1S/C15H22N2O3/c1-20-14-7-3-2-6-12(14)13(18)10-17-15(19)9-11-5-4-8-16-11/h2-3,6-7,11,13,16,18H,4-5,8-10H2,1H3,(H,17,19). The van der Waals surface area contributed by atoms with Crippen LogP contribution in [0.4, 0.5) is 0 Å². The second-order valence-corrected chi connectivity index (χ2v) is 5.06. The number of amides is 1. The number of para-hydroxylation sites is 1. The average molecular weight is 278 g/mol. The van der Waals surface area contributed by atoms with Crippen molar-refractivity contribution < 1.29 is 14.6 Å². The molecule has 5 heteroatoms. The van der Waals surface area contributed by atoms with Crippen molar-refractivity contribution in [2.75, 3.05) is 20.2 Å². The first kappa shape index (κ1) is 14.8. The highest BCUT2D eigenvalue weighted by Crippen LogP contribution is 2.24. The first-order valence-electron chi connectivity index (χ1n) is 7.01. The Kier molecular flexibility index (Phi) is 5.38. The minimum absolute atomic E-state index is 0.0293. The maximum absolute atomic E-state index is 11.8. The number of carbonyl (C=O) groups excluding carboxylic acids is 1. The van der Waals surface area contributed by atoms with Gasteiger partial charge >= 0.3 is 0 Å². The van der Waals surface area contributed by atoms with Crippen molar-refractivity contribution in [1.29, 1.82) is 0 Å². The van der Waals surface area contributed by atoms with Crippen LogP contribution in [0.2, 0.25) is 0 Å². The van der Waals surface area contributed by atoms with E-state index >= 15 is 0 Å². The molecule has 20 heavy (non-hydrogen) atoms. The Balaban J connectivity index is 1.81. The van der Waals surface area contributed by atoms with Crippen LogP contribution in [0, 0.1) is 0 Å². The smallest absolute Gasteiger partial charge is 0.221 e. The predicted octanol–water partition coefficient (Wildman–Crippen LogP) is 0.987. The zero-order valence-electron chi connectivity index (χ0n) is 11.8. The summed E-state index contributed by atoms with van der Waals surface area (Å²) in [4.78, 5) is 11.8. The lowest BCUT2D eigenvalue weighted by atomic mass is 10.1. The van der Waals surface area contributed by atoms with Crippen molar-refractivity contribution in [3.63, 3.8) is 0 Å². The Morgan fingerprint density at radius 3 is 3.05 bits per heavy atom. The van der Waals surface area contributed by atoms with Gasteiger partial charge in [0.2, 0.25) is 5.91 Å². The van der Waals surface area contributed by atoms with Gasteiger partial charge in [-0.3, -0.25) is 4.79 Å². The summed E-state index contributed by atoms with van der Waals surface area (Å²) in [5.41, 5.74) is 0.689. The van der Waals surface area contributed by atoms with Crippen LogP contribution in [0.3, 0.4) is 0 Å². The number of hydrogen-bond acceptors (Lipinski definition) is 4. The summed E-state index contributed by atoms with van der Waals surface area (Å²) in [7, 11) is 1.57. The topological polar surface area (TPSA) is 70.6 Å². The molecular weight excluding hydrogens is 256 g/mol. The molecule has 0 spiro atoms. The lowest BCUT2D eigenvalue weighted by molar-refractivity contribution is -0.122. The average Bonchev–Trinajstić information content (AvgIpc) is 2.97. The van der Waals surface area contributed by atoms with E-state index in [0.717, 1.165) is 19.4 Å². The van der Waals surface area contributed by atoms with E-state index < -0.39 is 6.10 Å². The second-order valence-electron chi connectivity index (χ2n) is 5.06. The van der Waals surface area contributed by atoms with Crippen molar-refractivity contribution in [1.82, 2.24) is 10.6 Å². The van der Waals surface area contributed by atoms with Crippen LogP contribution in [0.1, 0.15) is 30.9 Å². The fourth-order valence-corrected chi connectivity index (χ4v) is 2.49. The van der Waals surface area contributed by atoms with Crippen molar-refractivity contribution in [2.24, 2.45) is 0 Å². The molecule has 1 aliphatic rings. The molecule has 0 aromatic heterocycles. The third kappa shape index (κ3) is 3.95. The number of rotatable bonds is 6. The molecule has 1 heterocycles. The molecule has 1 amide bonds. The molecule has 1 aromatic rings. The monoisotopic (exact) mass is 278 g/mol. The molecule has 2 unspecified atom stereocenters. The van der Waals surface area contributed by atoms with Crippen LogP contribution in [0.25, 0.3) is 0 Å². The highest BCUT2D eigenvalue weighted by atomic mass is 16.5. The molecule has 0 radical (unpaired) electrons. The number of methoxy groups -OCH3 is 1. The van der Waals surface area contributed by atoms with Gasteiger partial charge in [-0.25, -0.2) is 0 Å². The molecule has 0 bridgehead atoms. The molecule has 0 saturated carbocycles. The molecule has 110 valence electrons. The largest absolute Gasteiger partial charge is 0.496 e. The number of nitrogens with one attached hydrogen (secondary N) is 2. The van der Waals surface area contributed by atoms with Gasteiger partial charge in [-0.2, -0.15) is 0 Å². The first-order valence-corrected chi connectivity index (χ1v) is 7.01. The van der Waals surface area contributed by atoms with Gasteiger partial charge in [0.25, 0.3) is 0 Å². The lowest BCUT2D eigenvalue weighted by Crippen LogP contribution is -2.34. The zero-order chi connectivity index (χ0) is 14.4. The second kappa shape index (κ2) is 7.26. The van der Waals surface area contributed by atoms with Crippen molar-refractivity contribution in [2.45, 2.75) is 31.4 Å². The summed E-state index contributed by atoms with van der Waals surface area (Å²) >= 11 is 0. The summed E-state index contributed by atoms with van der Waals surface area (Å²) < 4.78 is 5.20. The number of aliphatic hydroxyl groups excluding tert-OH is 1. The van der Waals surface area contributed by atoms with E-state index in [1.54, 1.807) is 19.2 Å². The minimum atomic E-state index is -0.758. The highest BCUT2D eigenvalue weighted by molar-refractivity contribution is 5.76. The first-order chi connectivity index (χ1) is 9.70. The van der Waals surface area contributed by atoms with Gasteiger partial charge in [0.15, 0.2) is 0 Å². The van der Waals surface area contributed by atoms with Gasteiger partial charge in [0.1, 0.15) is 5.75 Å². The molecule has 1 aliphatic heterocycles. The van der Waals surface area contributed by atoms with Crippen LogP contribution < -0.4 is 15.4 Å². The van der Waals surface area contributed by atoms with Crippen molar-refractivity contribution in [3.8, 4) is 5.75 Å². The molecule has 1 aromatic carbocycles. The van der Waals surface area contributed by atoms with E-state index in [1.807, 2.05) is 12.1 Å². The number of carbonyl (C=O) groups is 1. The van der Waals surface area contributed by atoms with Crippen LogP contribution in [-0.4, -0.2) is 37.3 Å². The van der Waals surface area contributed by atoms with E-state index in [0.29, 0.717) is 17.7 Å². The van der Waals surface area contributed by atoms with Crippen LogP contribution >= 0.6 is 0 Å². The van der Waals surface area contributed by atoms with Gasteiger partial charge in [-0.15, -0.1) is 0 Å². The molecule has 3 N–H and O–H groups in total. The molecule has 0 aliphatic carbocycles. The number of hydrogen-bond donors (Lipinski definition) is 3. The van der Waals surface area contributed by atoms with E-state index in [2.05, 4.69) is 10.6 Å². The third-order valence-corrected chi connectivity index (χ3v) is 3.58. The Hall–Kier alpha value is -1.59. The third-order valence-electron chi connectivity index (χ3n) is 3.58. The van der Waals surface area contributed by atoms with Crippen LogP contribution in [-0.2, 0) is 4.79 Å². The highest BCUT2D eigenvalue weighted by Gasteiger charge is 2.19. The lowest BCUT2D eigenvalue weighted by Gasteiger charge is -2.16. The zero-order valence-corrected chi connectivity index (χ0v) is 11.8. The van der Waals surface area contributed by atoms with E-state index in [1.165, 1.54) is 0 Å². The number of benzene rings is 1. The van der Waals surface area contributed by atoms with Gasteiger partial charge in [0.05, 0.1) is 13.2 Å². The maximum Gasteiger partial charge on any atom is 0.221 e. The predicted molar refractivity (Wildman–Crippen MR) is 76.6 cm³/mol. The Bertz CT molecular complexity index is 444. The van der Waals surface area contributed by atoms with E-state index in [-0.39, 0.29) is 18.5 Å². The summed E-state index contributed by atoms with van der Waals surface area (Å²) in [6, 6.07) is 7.56. The normalized spacial score (nSPS) is 19.6. The van der Waals surface area contributed by atoms with Gasteiger partial charge in [0, 0.05) is 24.6 Å². The quantitative estimate of drug-likeness (QED) is 0.725. The summed E-state index contributed by atoms with van der Waals surface area (Å²) in [6.45, 7) is 1.19. The number of ether oxygens (including phenoxy) is 1. The molecule has 1 fully saturated rings. The molecule has 2 atom stereocenters. The van der Waals surface area contributed by atoms with Crippen LogP contribution in [0.15, 0.2) is 24.3 Å². The number of aliphatic hydroxyl groups is 1. The fourth-order valence-electron chi connectivity index (χ4n) is 2.49. The Morgan fingerprint density at radius 1 is 1.55 bits per heavy atom. The van der Waals surface area contributed by atoms with Crippen molar-refractivity contribution >= 4 is 5.91 Å². The van der Waals surface area contributed by atoms with Crippen LogP contribution in [0.5, 0.6) is 5.75 Å². The fraction of sp³-hybridized carbons (Fsp3) is 0.533. The summed E-state index contributed by atoms with van der Waals surface area (Å²) in [6.07, 6.45) is 1.88. The Morgan fingerprint density at radius 2 is 2.35 bits per heavy atom. The maximum atomic E-state index is 11.8. The van der Waals surface area contributed by atoms with E-state index in [4.69, 9.17) is 4.74 Å². The van der Waals surface area contributed by atoms with E-state index in [9.17, 15) is 9.90 Å². The summed E-state index contributed by atoms with van der Waals surface area (Å²) in [5.74, 6) is 0.602.